The quantitative estimate of drug-likeness (QED) is 0.812. The first-order chi connectivity index (χ1) is 9.24. The van der Waals surface area contributed by atoms with Gasteiger partial charge in [-0.2, -0.15) is 0 Å². The first kappa shape index (κ1) is 15.0. The predicted molar refractivity (Wildman–Crippen MR) is 83.1 cm³/mol. The van der Waals surface area contributed by atoms with E-state index in [0.717, 1.165) is 6.61 Å². The van der Waals surface area contributed by atoms with E-state index in [1.54, 1.807) is 17.6 Å². The minimum absolute atomic E-state index is 0.447. The van der Waals surface area contributed by atoms with Crippen molar-refractivity contribution in [2.45, 2.75) is 64.5 Å². The van der Waals surface area contributed by atoms with Gasteiger partial charge in [0.15, 0.2) is 0 Å². The van der Waals surface area contributed by atoms with Crippen molar-refractivity contribution in [1.82, 2.24) is 5.32 Å². The van der Waals surface area contributed by atoms with Crippen molar-refractivity contribution in [3.63, 3.8) is 0 Å². The molecular formula is C16H27NOS. The van der Waals surface area contributed by atoms with E-state index in [-0.39, 0.29) is 0 Å². The van der Waals surface area contributed by atoms with E-state index >= 15 is 0 Å². The summed E-state index contributed by atoms with van der Waals surface area (Å²) in [5.74, 6) is 0. The van der Waals surface area contributed by atoms with Gasteiger partial charge < -0.3 is 10.1 Å². The topological polar surface area (TPSA) is 21.3 Å². The summed E-state index contributed by atoms with van der Waals surface area (Å²) in [6, 6.07) is 3.36. The monoisotopic (exact) mass is 281 g/mol. The van der Waals surface area contributed by atoms with E-state index < -0.39 is 0 Å². The standard InChI is InChI=1S/C16H27NOS/c1-4-7-14(11-18-3)17-12(2)16-10-13-8-5-6-9-15(13)19-16/h10,12,14,17H,4-9,11H2,1-3H3. The van der Waals surface area contributed by atoms with Crippen LogP contribution in [0.15, 0.2) is 6.07 Å². The van der Waals surface area contributed by atoms with E-state index in [2.05, 4.69) is 25.2 Å². The van der Waals surface area contributed by atoms with E-state index in [1.165, 1.54) is 43.4 Å². The van der Waals surface area contributed by atoms with Crippen molar-refractivity contribution in [2.24, 2.45) is 0 Å². The maximum absolute atomic E-state index is 5.32. The maximum Gasteiger partial charge on any atom is 0.0616 e. The zero-order valence-electron chi connectivity index (χ0n) is 12.5. The molecule has 1 aliphatic rings. The van der Waals surface area contributed by atoms with Crippen LogP contribution >= 0.6 is 11.3 Å². The van der Waals surface area contributed by atoms with Crippen molar-refractivity contribution >= 4 is 11.3 Å². The fourth-order valence-electron chi connectivity index (χ4n) is 2.93. The van der Waals surface area contributed by atoms with Gasteiger partial charge in [-0.15, -0.1) is 11.3 Å². The van der Waals surface area contributed by atoms with Crippen LogP contribution in [-0.2, 0) is 17.6 Å². The summed E-state index contributed by atoms with van der Waals surface area (Å²) in [7, 11) is 1.79. The van der Waals surface area contributed by atoms with Gasteiger partial charge in [0.05, 0.1) is 6.61 Å². The smallest absolute Gasteiger partial charge is 0.0616 e. The molecule has 19 heavy (non-hydrogen) atoms. The number of nitrogens with one attached hydrogen (secondary N) is 1. The SMILES string of the molecule is CCCC(COC)NC(C)c1cc2c(s1)CCCC2. The van der Waals surface area contributed by atoms with Gasteiger partial charge in [-0.3, -0.25) is 0 Å². The molecule has 2 nitrogen and oxygen atoms in total. The van der Waals surface area contributed by atoms with Crippen LogP contribution < -0.4 is 5.32 Å². The van der Waals surface area contributed by atoms with Crippen LogP contribution in [0.1, 0.15) is 60.9 Å². The molecule has 2 unspecified atom stereocenters. The average Bonchev–Trinajstić information content (AvgIpc) is 2.83. The molecule has 0 spiro atoms. The Morgan fingerprint density at radius 3 is 2.84 bits per heavy atom. The molecule has 0 saturated carbocycles. The van der Waals surface area contributed by atoms with E-state index in [1.807, 2.05) is 11.3 Å². The number of hydrogen-bond acceptors (Lipinski definition) is 3. The summed E-state index contributed by atoms with van der Waals surface area (Å²) in [4.78, 5) is 3.14. The minimum atomic E-state index is 0.447. The maximum atomic E-state index is 5.32. The molecule has 0 saturated heterocycles. The Kier molecular flexibility index (Phi) is 5.86. The Morgan fingerprint density at radius 1 is 1.37 bits per heavy atom. The molecule has 0 radical (unpaired) electrons. The summed E-state index contributed by atoms with van der Waals surface area (Å²) >= 11 is 2.02. The third-order valence-corrected chi connectivity index (χ3v) is 5.35. The van der Waals surface area contributed by atoms with Crippen molar-refractivity contribution in [1.29, 1.82) is 0 Å². The van der Waals surface area contributed by atoms with E-state index in [9.17, 15) is 0 Å². The molecule has 1 aliphatic carbocycles. The largest absolute Gasteiger partial charge is 0.383 e. The van der Waals surface area contributed by atoms with Gasteiger partial charge in [0.2, 0.25) is 0 Å². The van der Waals surface area contributed by atoms with Gasteiger partial charge in [-0.1, -0.05) is 13.3 Å². The summed E-state index contributed by atoms with van der Waals surface area (Å²) in [5, 5.41) is 3.73. The van der Waals surface area contributed by atoms with Crippen molar-refractivity contribution in [3.8, 4) is 0 Å². The van der Waals surface area contributed by atoms with Gasteiger partial charge in [-0.05, 0) is 50.7 Å². The molecule has 3 heteroatoms. The van der Waals surface area contributed by atoms with E-state index in [0.29, 0.717) is 12.1 Å². The molecule has 2 rings (SSSR count). The second kappa shape index (κ2) is 7.41. The number of thiophene rings is 1. The third-order valence-electron chi connectivity index (χ3n) is 3.93. The molecule has 108 valence electrons. The summed E-state index contributed by atoms with van der Waals surface area (Å²) in [6.07, 6.45) is 7.71. The molecule has 1 aromatic rings. The fourth-order valence-corrected chi connectivity index (χ4v) is 4.20. The highest BCUT2D eigenvalue weighted by atomic mass is 32.1. The first-order valence-corrected chi connectivity index (χ1v) is 8.42. The van der Waals surface area contributed by atoms with Crippen LogP contribution in [0.4, 0.5) is 0 Å². The molecule has 1 N–H and O–H groups in total. The molecule has 1 heterocycles. The van der Waals surface area contributed by atoms with Gasteiger partial charge in [0.1, 0.15) is 0 Å². The molecule has 0 aromatic carbocycles. The summed E-state index contributed by atoms with van der Waals surface area (Å²) in [5.41, 5.74) is 1.61. The van der Waals surface area contributed by atoms with Crippen molar-refractivity contribution in [2.75, 3.05) is 13.7 Å². The number of methoxy groups -OCH3 is 1. The van der Waals surface area contributed by atoms with Crippen LogP contribution in [0, 0.1) is 0 Å². The number of rotatable bonds is 7. The van der Waals surface area contributed by atoms with Crippen molar-refractivity contribution < 1.29 is 4.74 Å². The molecule has 0 amide bonds. The third kappa shape index (κ3) is 4.04. The molecule has 0 aliphatic heterocycles. The second-order valence-electron chi connectivity index (χ2n) is 5.63. The number of hydrogen-bond donors (Lipinski definition) is 1. The molecule has 2 atom stereocenters. The first-order valence-electron chi connectivity index (χ1n) is 7.61. The van der Waals surface area contributed by atoms with E-state index in [4.69, 9.17) is 4.74 Å². The zero-order valence-corrected chi connectivity index (χ0v) is 13.3. The fraction of sp³-hybridized carbons (Fsp3) is 0.750. The lowest BCUT2D eigenvalue weighted by molar-refractivity contribution is 0.157. The molecule has 1 aromatic heterocycles. The van der Waals surface area contributed by atoms with Gasteiger partial charge in [0, 0.05) is 28.9 Å². The Balaban J connectivity index is 1.97. The van der Waals surface area contributed by atoms with Gasteiger partial charge in [0.25, 0.3) is 0 Å². The lowest BCUT2D eigenvalue weighted by Crippen LogP contribution is -2.34. The molecular weight excluding hydrogens is 254 g/mol. The second-order valence-corrected chi connectivity index (χ2v) is 6.80. The predicted octanol–water partition coefficient (Wildman–Crippen LogP) is 4.09. The van der Waals surface area contributed by atoms with Crippen LogP contribution in [0.3, 0.4) is 0 Å². The Morgan fingerprint density at radius 2 is 2.16 bits per heavy atom. The number of aryl methyl sites for hydroxylation is 2. The summed E-state index contributed by atoms with van der Waals surface area (Å²) < 4.78 is 5.32. The van der Waals surface area contributed by atoms with Crippen molar-refractivity contribution in [3.05, 3.63) is 21.4 Å². The van der Waals surface area contributed by atoms with Crippen LogP contribution in [0.25, 0.3) is 0 Å². The highest BCUT2D eigenvalue weighted by Gasteiger charge is 2.18. The minimum Gasteiger partial charge on any atom is -0.383 e. The Labute approximate surface area is 121 Å². The average molecular weight is 281 g/mol. The highest BCUT2D eigenvalue weighted by Crippen LogP contribution is 2.33. The molecule has 0 bridgehead atoms. The zero-order chi connectivity index (χ0) is 13.7. The van der Waals surface area contributed by atoms with Gasteiger partial charge >= 0.3 is 0 Å². The van der Waals surface area contributed by atoms with Crippen LogP contribution in [0.2, 0.25) is 0 Å². The van der Waals surface area contributed by atoms with Crippen LogP contribution in [-0.4, -0.2) is 19.8 Å². The lowest BCUT2D eigenvalue weighted by Gasteiger charge is -2.21. The van der Waals surface area contributed by atoms with Gasteiger partial charge in [-0.25, -0.2) is 0 Å². The Bertz CT molecular complexity index is 359. The number of ether oxygens (including phenoxy) is 1. The Hall–Kier alpha value is -0.380. The number of fused-ring (bicyclic) bond motifs is 1. The van der Waals surface area contributed by atoms with Crippen LogP contribution in [0.5, 0.6) is 0 Å². The molecule has 0 fully saturated rings. The highest BCUT2D eigenvalue weighted by molar-refractivity contribution is 7.12. The summed E-state index contributed by atoms with van der Waals surface area (Å²) in [6.45, 7) is 5.33. The lowest BCUT2D eigenvalue weighted by atomic mass is 9.99. The normalized spacial score (nSPS) is 18.1.